The van der Waals surface area contributed by atoms with Crippen molar-refractivity contribution in [2.45, 2.75) is 44.6 Å². The van der Waals surface area contributed by atoms with Gasteiger partial charge in [0.15, 0.2) is 6.10 Å². The minimum absolute atomic E-state index is 0.00104. The molecule has 1 aromatic carbocycles. The van der Waals surface area contributed by atoms with Crippen molar-refractivity contribution in [1.82, 2.24) is 14.1 Å². The first-order valence-electron chi connectivity index (χ1n) is 10.3. The van der Waals surface area contributed by atoms with E-state index in [1.54, 1.807) is 18.7 Å². The molecule has 2 unspecified atom stereocenters. The number of ether oxygens (including phenoxy) is 1. The van der Waals surface area contributed by atoms with Gasteiger partial charge in [-0.05, 0) is 57.9 Å². The van der Waals surface area contributed by atoms with Crippen LogP contribution in [0.5, 0.6) is 0 Å². The van der Waals surface area contributed by atoms with E-state index in [1.165, 1.54) is 35.5 Å². The highest BCUT2D eigenvalue weighted by Crippen LogP contribution is 2.26. The lowest BCUT2D eigenvalue weighted by molar-refractivity contribution is -0.158. The van der Waals surface area contributed by atoms with Crippen LogP contribution in [0.1, 0.15) is 31.2 Å². The van der Waals surface area contributed by atoms with E-state index in [9.17, 15) is 18.0 Å². The molecule has 1 N–H and O–H groups in total. The molecule has 11 heteroatoms. The van der Waals surface area contributed by atoms with Crippen LogP contribution in [0.25, 0.3) is 0 Å². The van der Waals surface area contributed by atoms with Gasteiger partial charge in [0.2, 0.25) is 10.0 Å². The van der Waals surface area contributed by atoms with Gasteiger partial charge in [0.1, 0.15) is 0 Å². The Morgan fingerprint density at radius 1 is 1.25 bits per heavy atom. The van der Waals surface area contributed by atoms with E-state index in [4.69, 9.17) is 16.3 Å². The van der Waals surface area contributed by atoms with Crippen molar-refractivity contribution in [1.29, 1.82) is 0 Å². The number of nitrogens with one attached hydrogen (secondary N) is 1. The van der Waals surface area contributed by atoms with E-state index in [0.717, 1.165) is 5.69 Å². The van der Waals surface area contributed by atoms with Crippen molar-refractivity contribution in [2.24, 2.45) is 13.0 Å². The number of anilines is 1. The lowest BCUT2D eigenvalue weighted by Crippen LogP contribution is -2.44. The first kappa shape index (κ1) is 24.2. The number of nitrogens with zero attached hydrogens (tertiary/aromatic N) is 3. The summed E-state index contributed by atoms with van der Waals surface area (Å²) in [5, 5.41) is 7.43. The number of sulfonamides is 1. The average Bonchev–Trinajstić information content (AvgIpc) is 3.00. The molecule has 1 saturated heterocycles. The van der Waals surface area contributed by atoms with Crippen LogP contribution in [0.3, 0.4) is 0 Å². The summed E-state index contributed by atoms with van der Waals surface area (Å²) in [4.78, 5) is 25.4. The molecule has 1 aliphatic heterocycles. The van der Waals surface area contributed by atoms with E-state index in [1.807, 2.05) is 6.92 Å². The van der Waals surface area contributed by atoms with Gasteiger partial charge in [-0.15, -0.1) is 0 Å². The predicted molar refractivity (Wildman–Crippen MR) is 120 cm³/mol. The standard InChI is InChI=1S/C21H27ClN4O5S/c1-13-19(14(2)25(4)24-13)23-20(27)15(3)31-21(28)16-6-5-11-26(12-16)32(29,30)18-9-7-17(22)8-10-18/h7-10,15-16H,5-6,11-12H2,1-4H3,(H,23,27). The Bertz CT molecular complexity index is 1110. The van der Waals surface area contributed by atoms with Crippen LogP contribution < -0.4 is 5.32 Å². The predicted octanol–water partition coefficient (Wildman–Crippen LogP) is 2.66. The van der Waals surface area contributed by atoms with E-state index >= 15 is 0 Å². The van der Waals surface area contributed by atoms with Gasteiger partial charge >= 0.3 is 5.97 Å². The molecule has 2 atom stereocenters. The van der Waals surface area contributed by atoms with Gasteiger partial charge in [0.05, 0.1) is 27.9 Å². The fourth-order valence-electron chi connectivity index (χ4n) is 3.61. The monoisotopic (exact) mass is 482 g/mol. The fraction of sp³-hybridized carbons (Fsp3) is 0.476. The normalized spacial score (nSPS) is 18.2. The van der Waals surface area contributed by atoms with E-state index in [2.05, 4.69) is 10.4 Å². The quantitative estimate of drug-likeness (QED) is 0.634. The maximum atomic E-state index is 12.9. The zero-order valence-electron chi connectivity index (χ0n) is 18.5. The number of benzene rings is 1. The number of hydrogen-bond donors (Lipinski definition) is 1. The number of piperidine rings is 1. The zero-order chi connectivity index (χ0) is 23.6. The molecule has 9 nitrogen and oxygen atoms in total. The summed E-state index contributed by atoms with van der Waals surface area (Å²) in [5.74, 6) is -1.72. The third kappa shape index (κ3) is 5.13. The topological polar surface area (TPSA) is 111 Å². The third-order valence-corrected chi connectivity index (χ3v) is 7.72. The summed E-state index contributed by atoms with van der Waals surface area (Å²) in [5.41, 5.74) is 2.02. The third-order valence-electron chi connectivity index (χ3n) is 5.59. The second kappa shape index (κ2) is 9.60. The Morgan fingerprint density at radius 3 is 2.50 bits per heavy atom. The second-order valence-electron chi connectivity index (χ2n) is 7.89. The lowest BCUT2D eigenvalue weighted by Gasteiger charge is -2.31. The number of carbonyl (C=O) groups is 2. The van der Waals surface area contributed by atoms with Crippen LogP contribution in [0.2, 0.25) is 5.02 Å². The first-order chi connectivity index (χ1) is 15.0. The molecule has 0 radical (unpaired) electrons. The summed E-state index contributed by atoms with van der Waals surface area (Å²) in [6, 6.07) is 5.90. The lowest BCUT2D eigenvalue weighted by atomic mass is 10.00. The highest BCUT2D eigenvalue weighted by molar-refractivity contribution is 7.89. The largest absolute Gasteiger partial charge is 0.452 e. The summed E-state index contributed by atoms with van der Waals surface area (Å²) >= 11 is 5.85. The van der Waals surface area contributed by atoms with Crippen molar-refractivity contribution < 1.29 is 22.7 Å². The Kier molecular flexibility index (Phi) is 7.26. The fourth-order valence-corrected chi connectivity index (χ4v) is 5.26. The molecule has 0 spiro atoms. The minimum Gasteiger partial charge on any atom is -0.452 e. The SMILES string of the molecule is Cc1nn(C)c(C)c1NC(=O)C(C)OC(=O)C1CCCN(S(=O)(=O)c2ccc(Cl)cc2)C1. The Labute approximate surface area is 192 Å². The van der Waals surface area contributed by atoms with Gasteiger partial charge in [-0.3, -0.25) is 14.3 Å². The highest BCUT2D eigenvalue weighted by Gasteiger charge is 2.35. The van der Waals surface area contributed by atoms with Crippen LogP contribution in [-0.4, -0.2) is 53.6 Å². The van der Waals surface area contributed by atoms with Gasteiger partial charge in [0.25, 0.3) is 5.91 Å². The van der Waals surface area contributed by atoms with Crippen molar-refractivity contribution in [3.8, 4) is 0 Å². The van der Waals surface area contributed by atoms with Crippen molar-refractivity contribution in [2.75, 3.05) is 18.4 Å². The Hall–Kier alpha value is -2.43. The maximum Gasteiger partial charge on any atom is 0.311 e. The highest BCUT2D eigenvalue weighted by atomic mass is 35.5. The van der Waals surface area contributed by atoms with Gasteiger partial charge in [-0.1, -0.05) is 11.6 Å². The number of hydrogen-bond acceptors (Lipinski definition) is 6. The van der Waals surface area contributed by atoms with Crippen LogP contribution in [0.4, 0.5) is 5.69 Å². The van der Waals surface area contributed by atoms with Gasteiger partial charge < -0.3 is 10.1 Å². The molecule has 174 valence electrons. The van der Waals surface area contributed by atoms with Gasteiger partial charge in [-0.25, -0.2) is 8.42 Å². The molecule has 0 bridgehead atoms. The smallest absolute Gasteiger partial charge is 0.311 e. The van der Waals surface area contributed by atoms with E-state index < -0.39 is 33.9 Å². The summed E-state index contributed by atoms with van der Waals surface area (Å²) in [6.45, 7) is 5.39. The zero-order valence-corrected chi connectivity index (χ0v) is 20.0. The first-order valence-corrected chi connectivity index (χ1v) is 12.1. The van der Waals surface area contributed by atoms with Crippen molar-refractivity contribution in [3.05, 3.63) is 40.7 Å². The van der Waals surface area contributed by atoms with E-state index in [0.29, 0.717) is 35.8 Å². The average molecular weight is 483 g/mol. The molecule has 1 aromatic heterocycles. The Balaban J connectivity index is 1.63. The molecule has 0 saturated carbocycles. The Morgan fingerprint density at radius 2 is 1.91 bits per heavy atom. The van der Waals surface area contributed by atoms with E-state index in [-0.39, 0.29) is 11.4 Å². The molecule has 3 rings (SSSR count). The molecular formula is C21H27ClN4O5S. The maximum absolute atomic E-state index is 12.9. The molecule has 1 aliphatic rings. The summed E-state index contributed by atoms with van der Waals surface area (Å²) < 4.78 is 34.2. The number of esters is 1. The van der Waals surface area contributed by atoms with Crippen molar-refractivity contribution >= 4 is 39.2 Å². The number of halogens is 1. The number of aryl methyl sites for hydroxylation is 2. The summed E-state index contributed by atoms with van der Waals surface area (Å²) in [6.07, 6.45) is -0.0354. The molecule has 1 amide bonds. The molecule has 32 heavy (non-hydrogen) atoms. The molecule has 0 aliphatic carbocycles. The van der Waals surface area contributed by atoms with Crippen LogP contribution in [-0.2, 0) is 31.4 Å². The number of aromatic nitrogens is 2. The van der Waals surface area contributed by atoms with Gasteiger partial charge in [0, 0.05) is 25.2 Å². The molecule has 1 fully saturated rings. The van der Waals surface area contributed by atoms with Crippen LogP contribution in [0, 0.1) is 19.8 Å². The van der Waals surface area contributed by atoms with Crippen LogP contribution in [0.15, 0.2) is 29.2 Å². The van der Waals surface area contributed by atoms with Crippen LogP contribution >= 0.6 is 11.6 Å². The van der Waals surface area contributed by atoms with Crippen molar-refractivity contribution in [3.63, 3.8) is 0 Å². The molecule has 2 heterocycles. The molecular weight excluding hydrogens is 456 g/mol. The second-order valence-corrected chi connectivity index (χ2v) is 10.3. The number of amides is 1. The number of rotatable bonds is 6. The minimum atomic E-state index is -3.76. The summed E-state index contributed by atoms with van der Waals surface area (Å²) in [7, 11) is -1.99. The number of carbonyl (C=O) groups excluding carboxylic acids is 2. The van der Waals surface area contributed by atoms with Gasteiger partial charge in [-0.2, -0.15) is 9.40 Å². The molecule has 2 aromatic rings.